The van der Waals surface area contributed by atoms with Crippen LogP contribution in [0.2, 0.25) is 0 Å². The van der Waals surface area contributed by atoms with Gasteiger partial charge in [-0.3, -0.25) is 19.5 Å². The van der Waals surface area contributed by atoms with Gasteiger partial charge in [-0.05, 0) is 57.4 Å². The number of nitrogens with zero attached hydrogens (tertiary/aromatic N) is 4. The molecule has 8 heteroatoms. The minimum absolute atomic E-state index is 0.188. The number of carbonyl (C=O) groups excluding carboxylic acids is 2. The van der Waals surface area contributed by atoms with Crippen molar-refractivity contribution in [2.75, 3.05) is 4.90 Å². The molecule has 0 aliphatic carbocycles. The topological polar surface area (TPSA) is 88.1 Å². The van der Waals surface area contributed by atoms with Crippen molar-refractivity contribution in [2.24, 2.45) is 0 Å². The summed E-state index contributed by atoms with van der Waals surface area (Å²) in [6.45, 7) is 7.65. The minimum Gasteiger partial charge on any atom is -0.349 e. The van der Waals surface area contributed by atoms with Gasteiger partial charge >= 0.3 is 0 Å². The zero-order chi connectivity index (χ0) is 21.0. The highest BCUT2D eigenvalue weighted by Gasteiger charge is 2.35. The zero-order valence-corrected chi connectivity index (χ0v) is 17.6. The Hall–Kier alpha value is -3.13. The SMILES string of the molecule is Cc1ccc(N(C(=O)c2csnn2)[C@H](C(=O)NC(C)(C)C)c2cccnc2)cc1. The van der Waals surface area contributed by atoms with Gasteiger partial charge in [0.25, 0.3) is 5.91 Å². The Bertz CT molecular complexity index is 967. The van der Waals surface area contributed by atoms with Crippen LogP contribution in [0, 0.1) is 6.92 Å². The first-order valence-electron chi connectivity index (χ1n) is 9.15. The van der Waals surface area contributed by atoms with Crippen LogP contribution in [-0.4, -0.2) is 31.9 Å². The van der Waals surface area contributed by atoms with Crippen LogP contribution < -0.4 is 10.2 Å². The number of anilines is 1. The summed E-state index contributed by atoms with van der Waals surface area (Å²) in [5.41, 5.74) is 1.96. The van der Waals surface area contributed by atoms with Gasteiger partial charge in [-0.2, -0.15) is 0 Å². The molecular weight excluding hydrogens is 386 g/mol. The van der Waals surface area contributed by atoms with Crippen LogP contribution in [0.1, 0.15) is 48.4 Å². The molecule has 0 radical (unpaired) electrons. The smallest absolute Gasteiger partial charge is 0.280 e. The van der Waals surface area contributed by atoms with E-state index in [9.17, 15) is 9.59 Å². The molecule has 0 saturated carbocycles. The maximum atomic E-state index is 13.4. The zero-order valence-electron chi connectivity index (χ0n) is 16.8. The van der Waals surface area contributed by atoms with E-state index in [2.05, 4.69) is 19.9 Å². The fourth-order valence-corrected chi connectivity index (χ4v) is 3.29. The molecule has 0 aliphatic heterocycles. The third-order valence-corrected chi connectivity index (χ3v) is 4.62. The molecule has 2 heterocycles. The molecule has 0 spiro atoms. The van der Waals surface area contributed by atoms with Gasteiger partial charge in [0.15, 0.2) is 5.69 Å². The lowest BCUT2D eigenvalue weighted by Gasteiger charge is -2.33. The fourth-order valence-electron chi connectivity index (χ4n) is 2.86. The number of aromatic nitrogens is 3. The van der Waals surface area contributed by atoms with Crippen molar-refractivity contribution < 1.29 is 9.59 Å². The van der Waals surface area contributed by atoms with E-state index in [1.807, 2.05) is 52.0 Å². The number of pyridine rings is 1. The van der Waals surface area contributed by atoms with E-state index in [4.69, 9.17) is 0 Å². The van der Waals surface area contributed by atoms with Crippen molar-refractivity contribution in [3.8, 4) is 0 Å². The van der Waals surface area contributed by atoms with Crippen LogP contribution in [0.5, 0.6) is 0 Å². The Morgan fingerprint density at radius 2 is 1.86 bits per heavy atom. The predicted octanol–water partition coefficient (Wildman–Crippen LogP) is 3.54. The Kier molecular flexibility index (Phi) is 6.03. The Morgan fingerprint density at radius 1 is 1.14 bits per heavy atom. The Morgan fingerprint density at radius 3 is 2.41 bits per heavy atom. The molecule has 3 rings (SSSR count). The summed E-state index contributed by atoms with van der Waals surface area (Å²) in [5, 5.41) is 8.48. The van der Waals surface area contributed by atoms with Gasteiger partial charge in [-0.1, -0.05) is 28.3 Å². The highest BCUT2D eigenvalue weighted by molar-refractivity contribution is 7.03. The van der Waals surface area contributed by atoms with Crippen molar-refractivity contribution in [1.82, 2.24) is 19.9 Å². The number of benzene rings is 1. The average molecular weight is 410 g/mol. The number of hydrogen-bond acceptors (Lipinski definition) is 6. The number of carbonyl (C=O) groups is 2. The summed E-state index contributed by atoms with van der Waals surface area (Å²) in [6, 6.07) is 10.1. The summed E-state index contributed by atoms with van der Waals surface area (Å²) in [4.78, 5) is 32.4. The van der Waals surface area contributed by atoms with Gasteiger partial charge < -0.3 is 5.32 Å². The summed E-state index contributed by atoms with van der Waals surface area (Å²) < 4.78 is 3.80. The summed E-state index contributed by atoms with van der Waals surface area (Å²) in [6.07, 6.45) is 3.23. The van der Waals surface area contributed by atoms with E-state index in [-0.39, 0.29) is 11.6 Å². The Balaban J connectivity index is 2.15. The van der Waals surface area contributed by atoms with E-state index < -0.39 is 17.5 Å². The molecule has 0 fully saturated rings. The van der Waals surface area contributed by atoms with E-state index in [0.717, 1.165) is 17.1 Å². The van der Waals surface area contributed by atoms with Gasteiger partial charge in [0.1, 0.15) is 6.04 Å². The first-order valence-corrected chi connectivity index (χ1v) is 9.99. The third kappa shape index (κ3) is 5.03. The van der Waals surface area contributed by atoms with Crippen molar-refractivity contribution in [2.45, 2.75) is 39.3 Å². The second-order valence-corrected chi connectivity index (χ2v) is 8.34. The normalized spacial score (nSPS) is 12.3. The molecule has 0 bridgehead atoms. The lowest BCUT2D eigenvalue weighted by molar-refractivity contribution is -0.123. The molecule has 1 aromatic carbocycles. The number of amides is 2. The number of rotatable bonds is 5. The second-order valence-electron chi connectivity index (χ2n) is 7.73. The molecule has 29 heavy (non-hydrogen) atoms. The predicted molar refractivity (Wildman–Crippen MR) is 113 cm³/mol. The van der Waals surface area contributed by atoms with Gasteiger partial charge in [0, 0.05) is 34.6 Å². The fraction of sp³-hybridized carbons (Fsp3) is 0.286. The lowest BCUT2D eigenvalue weighted by atomic mass is 10.0. The standard InChI is InChI=1S/C21H23N5O2S/c1-14-7-9-16(10-8-14)26(20(28)17-13-29-25-24-17)18(15-6-5-11-22-12-15)19(27)23-21(2,3)4/h5-13,18H,1-4H3,(H,23,27)/t18-/m0/s1. The highest BCUT2D eigenvalue weighted by Crippen LogP contribution is 2.30. The molecule has 0 aliphatic rings. The monoisotopic (exact) mass is 409 g/mol. The van der Waals surface area contributed by atoms with Crippen molar-refractivity contribution >= 4 is 29.0 Å². The lowest BCUT2D eigenvalue weighted by Crippen LogP contribution is -2.49. The van der Waals surface area contributed by atoms with Gasteiger partial charge in [-0.25, -0.2) is 0 Å². The van der Waals surface area contributed by atoms with Crippen LogP contribution in [-0.2, 0) is 4.79 Å². The Labute approximate surface area is 174 Å². The number of hydrogen-bond donors (Lipinski definition) is 1. The second kappa shape index (κ2) is 8.48. The van der Waals surface area contributed by atoms with Crippen LogP contribution in [0.15, 0.2) is 54.2 Å². The van der Waals surface area contributed by atoms with Crippen LogP contribution in [0.3, 0.4) is 0 Å². The molecule has 7 nitrogen and oxygen atoms in total. The summed E-state index contributed by atoms with van der Waals surface area (Å²) in [7, 11) is 0. The quantitative estimate of drug-likeness (QED) is 0.696. The molecule has 0 unspecified atom stereocenters. The first kappa shape index (κ1) is 20.6. The first-order chi connectivity index (χ1) is 13.8. The summed E-state index contributed by atoms with van der Waals surface area (Å²) in [5.74, 6) is -0.705. The molecule has 150 valence electrons. The third-order valence-electron chi connectivity index (χ3n) is 4.11. The van der Waals surface area contributed by atoms with Gasteiger partial charge in [0.2, 0.25) is 5.91 Å². The van der Waals surface area contributed by atoms with Crippen molar-refractivity contribution in [3.05, 3.63) is 71.0 Å². The van der Waals surface area contributed by atoms with Gasteiger partial charge in [-0.15, -0.1) is 5.10 Å². The minimum atomic E-state index is -0.917. The molecule has 2 amide bonds. The van der Waals surface area contributed by atoms with Crippen molar-refractivity contribution in [3.63, 3.8) is 0 Å². The average Bonchev–Trinajstić information content (AvgIpc) is 3.20. The van der Waals surface area contributed by atoms with Gasteiger partial charge in [0.05, 0.1) is 0 Å². The largest absolute Gasteiger partial charge is 0.349 e. The van der Waals surface area contributed by atoms with Crippen LogP contribution in [0.25, 0.3) is 0 Å². The van der Waals surface area contributed by atoms with E-state index in [1.54, 1.807) is 29.9 Å². The molecule has 1 atom stereocenters. The maximum Gasteiger partial charge on any atom is 0.280 e. The highest BCUT2D eigenvalue weighted by atomic mass is 32.1. The van der Waals surface area contributed by atoms with Crippen LogP contribution in [0.4, 0.5) is 5.69 Å². The molecule has 1 N–H and O–H groups in total. The molecule has 0 saturated heterocycles. The van der Waals surface area contributed by atoms with E-state index in [0.29, 0.717) is 11.3 Å². The van der Waals surface area contributed by atoms with E-state index >= 15 is 0 Å². The summed E-state index contributed by atoms with van der Waals surface area (Å²) >= 11 is 1.09. The number of nitrogens with one attached hydrogen (secondary N) is 1. The molecular formula is C21H23N5O2S. The maximum absolute atomic E-state index is 13.4. The van der Waals surface area contributed by atoms with Crippen molar-refractivity contribution in [1.29, 1.82) is 0 Å². The number of aryl methyl sites for hydroxylation is 1. The molecule has 2 aromatic heterocycles. The van der Waals surface area contributed by atoms with E-state index in [1.165, 1.54) is 4.90 Å². The molecule has 3 aromatic rings. The van der Waals surface area contributed by atoms with Crippen LogP contribution >= 0.6 is 11.5 Å².